The molecule has 30 heavy (non-hydrogen) atoms. The van der Waals surface area contributed by atoms with Gasteiger partial charge in [-0.1, -0.05) is 12.1 Å². The number of ether oxygens (including phenoxy) is 2. The molecule has 0 radical (unpaired) electrons. The SMILES string of the molecule is CCOc1ccccc1N=c1oc2cc(O)ccc2cc1C(=O)NC[C@@H]1CCCO1. The maximum Gasteiger partial charge on any atom is 0.256 e. The van der Waals surface area contributed by atoms with Gasteiger partial charge in [-0.3, -0.25) is 4.79 Å². The number of hydrogen-bond acceptors (Lipinski definition) is 6. The summed E-state index contributed by atoms with van der Waals surface area (Å²) in [7, 11) is 0. The Morgan fingerprint density at radius 1 is 1.27 bits per heavy atom. The fraction of sp³-hybridized carbons (Fsp3) is 0.304. The molecule has 3 aromatic rings. The van der Waals surface area contributed by atoms with Crippen molar-refractivity contribution in [1.82, 2.24) is 5.32 Å². The van der Waals surface area contributed by atoms with Gasteiger partial charge >= 0.3 is 0 Å². The van der Waals surface area contributed by atoms with Crippen molar-refractivity contribution in [3.05, 3.63) is 59.6 Å². The van der Waals surface area contributed by atoms with E-state index >= 15 is 0 Å². The zero-order valence-electron chi connectivity index (χ0n) is 16.8. The van der Waals surface area contributed by atoms with Crippen LogP contribution in [0.4, 0.5) is 5.69 Å². The number of aromatic hydroxyl groups is 1. The van der Waals surface area contributed by atoms with Crippen LogP contribution in [0.5, 0.6) is 11.5 Å². The molecular formula is C23H24N2O5. The number of rotatable bonds is 6. The summed E-state index contributed by atoms with van der Waals surface area (Å²) >= 11 is 0. The van der Waals surface area contributed by atoms with Crippen molar-refractivity contribution in [2.75, 3.05) is 19.8 Å². The lowest BCUT2D eigenvalue weighted by molar-refractivity contribution is 0.0854. The fourth-order valence-electron chi connectivity index (χ4n) is 3.40. The van der Waals surface area contributed by atoms with E-state index in [1.165, 1.54) is 6.07 Å². The highest BCUT2D eigenvalue weighted by Gasteiger charge is 2.19. The van der Waals surface area contributed by atoms with Crippen LogP contribution < -0.4 is 15.6 Å². The molecule has 2 N–H and O–H groups in total. The lowest BCUT2D eigenvalue weighted by Crippen LogP contribution is -2.34. The number of benzene rings is 2. The highest BCUT2D eigenvalue weighted by Crippen LogP contribution is 2.27. The summed E-state index contributed by atoms with van der Waals surface area (Å²) in [6.07, 6.45) is 1.97. The molecule has 1 atom stereocenters. The monoisotopic (exact) mass is 408 g/mol. The van der Waals surface area contributed by atoms with Crippen molar-refractivity contribution < 1.29 is 23.8 Å². The molecule has 0 aliphatic carbocycles. The minimum Gasteiger partial charge on any atom is -0.508 e. The van der Waals surface area contributed by atoms with Crippen LogP contribution in [-0.4, -0.2) is 36.9 Å². The standard InChI is InChI=1S/C23H24N2O5/c1-2-28-20-8-4-3-7-19(20)25-23-18(22(27)24-14-17-6-5-11-29-17)12-15-9-10-16(26)13-21(15)30-23/h3-4,7-10,12-13,17,26H,2,5-6,11,14H2,1H3,(H,24,27)/t17-/m0/s1. The Morgan fingerprint density at radius 3 is 2.93 bits per heavy atom. The highest BCUT2D eigenvalue weighted by atomic mass is 16.5. The first-order chi connectivity index (χ1) is 14.6. The number of para-hydroxylation sites is 2. The van der Waals surface area contributed by atoms with Crippen molar-refractivity contribution in [3.8, 4) is 11.5 Å². The Hall–Kier alpha value is -3.32. The second kappa shape index (κ2) is 9.00. The van der Waals surface area contributed by atoms with Gasteiger partial charge in [-0.15, -0.1) is 0 Å². The third-order valence-corrected chi connectivity index (χ3v) is 4.88. The molecule has 0 spiro atoms. The summed E-state index contributed by atoms with van der Waals surface area (Å²) in [6.45, 7) is 3.54. The Labute approximate surface area is 174 Å². The average molecular weight is 408 g/mol. The molecule has 1 aromatic heterocycles. The van der Waals surface area contributed by atoms with Gasteiger partial charge in [0.2, 0.25) is 5.55 Å². The molecular weight excluding hydrogens is 384 g/mol. The number of phenols is 1. The lowest BCUT2D eigenvalue weighted by Gasteiger charge is -2.11. The van der Waals surface area contributed by atoms with Crippen LogP contribution in [0.2, 0.25) is 0 Å². The molecule has 2 aromatic carbocycles. The largest absolute Gasteiger partial charge is 0.508 e. The molecule has 2 heterocycles. The molecule has 1 fully saturated rings. The van der Waals surface area contributed by atoms with E-state index in [9.17, 15) is 9.90 Å². The molecule has 7 heteroatoms. The molecule has 4 rings (SSSR count). The number of carbonyl (C=O) groups is 1. The average Bonchev–Trinajstić information content (AvgIpc) is 3.27. The first kappa shape index (κ1) is 20.0. The second-order valence-electron chi connectivity index (χ2n) is 7.04. The number of fused-ring (bicyclic) bond motifs is 1. The number of nitrogens with one attached hydrogen (secondary N) is 1. The second-order valence-corrected chi connectivity index (χ2v) is 7.04. The number of nitrogens with zero attached hydrogens (tertiary/aromatic N) is 1. The number of carbonyl (C=O) groups excluding carboxylic acids is 1. The number of amides is 1. The van der Waals surface area contributed by atoms with Crippen LogP contribution in [0.1, 0.15) is 30.1 Å². The summed E-state index contributed by atoms with van der Waals surface area (Å²) in [5, 5.41) is 13.4. The fourth-order valence-corrected chi connectivity index (χ4v) is 3.40. The first-order valence-electron chi connectivity index (χ1n) is 10.1. The van der Waals surface area contributed by atoms with E-state index in [-0.39, 0.29) is 23.3 Å². The van der Waals surface area contributed by atoms with E-state index in [4.69, 9.17) is 13.9 Å². The molecule has 0 unspecified atom stereocenters. The van der Waals surface area contributed by atoms with Crippen LogP contribution in [0.15, 0.2) is 57.9 Å². The van der Waals surface area contributed by atoms with Crippen LogP contribution in [0.25, 0.3) is 11.0 Å². The van der Waals surface area contributed by atoms with Gasteiger partial charge in [-0.05, 0) is 50.1 Å². The Morgan fingerprint density at radius 2 is 2.13 bits per heavy atom. The molecule has 1 aliphatic heterocycles. The van der Waals surface area contributed by atoms with Gasteiger partial charge in [-0.25, -0.2) is 4.99 Å². The third kappa shape index (κ3) is 4.46. The van der Waals surface area contributed by atoms with Crippen LogP contribution >= 0.6 is 0 Å². The zero-order valence-corrected chi connectivity index (χ0v) is 16.8. The van der Waals surface area contributed by atoms with Gasteiger partial charge in [0.25, 0.3) is 5.91 Å². The summed E-state index contributed by atoms with van der Waals surface area (Å²) in [5.74, 6) is 0.372. The van der Waals surface area contributed by atoms with Gasteiger partial charge in [0.15, 0.2) is 0 Å². The van der Waals surface area contributed by atoms with Crippen LogP contribution in [-0.2, 0) is 4.74 Å². The van der Waals surface area contributed by atoms with Crippen LogP contribution in [0, 0.1) is 0 Å². The van der Waals surface area contributed by atoms with Crippen LogP contribution in [0.3, 0.4) is 0 Å². The van der Waals surface area contributed by atoms with Crippen molar-refractivity contribution in [2.24, 2.45) is 4.99 Å². The zero-order chi connectivity index (χ0) is 20.9. The van der Waals surface area contributed by atoms with Crippen molar-refractivity contribution >= 4 is 22.6 Å². The van der Waals surface area contributed by atoms with E-state index in [1.807, 2.05) is 25.1 Å². The third-order valence-electron chi connectivity index (χ3n) is 4.88. The van der Waals surface area contributed by atoms with Gasteiger partial charge in [-0.2, -0.15) is 0 Å². The predicted molar refractivity (Wildman–Crippen MR) is 112 cm³/mol. The topological polar surface area (TPSA) is 93.3 Å². The Balaban J connectivity index is 1.77. The first-order valence-corrected chi connectivity index (χ1v) is 10.1. The lowest BCUT2D eigenvalue weighted by atomic mass is 10.1. The predicted octanol–water partition coefficient (Wildman–Crippen LogP) is 3.68. The smallest absolute Gasteiger partial charge is 0.256 e. The summed E-state index contributed by atoms with van der Waals surface area (Å²) in [5.41, 5.74) is 1.43. The molecule has 7 nitrogen and oxygen atoms in total. The summed E-state index contributed by atoms with van der Waals surface area (Å²) in [4.78, 5) is 17.5. The van der Waals surface area contributed by atoms with E-state index in [1.54, 1.807) is 24.3 Å². The summed E-state index contributed by atoms with van der Waals surface area (Å²) in [6, 6.07) is 13.8. The number of phenolic OH excluding ortho intramolecular Hbond substituents is 1. The van der Waals surface area contributed by atoms with Gasteiger partial charge < -0.3 is 24.3 Å². The molecule has 1 saturated heterocycles. The van der Waals surface area contributed by atoms with E-state index in [0.29, 0.717) is 41.1 Å². The summed E-state index contributed by atoms with van der Waals surface area (Å²) < 4.78 is 17.2. The normalized spacial score (nSPS) is 16.7. The highest BCUT2D eigenvalue weighted by molar-refractivity contribution is 5.96. The Bertz CT molecular complexity index is 1120. The van der Waals surface area contributed by atoms with E-state index in [0.717, 1.165) is 19.4 Å². The molecule has 0 saturated carbocycles. The maximum absolute atomic E-state index is 13.0. The van der Waals surface area contributed by atoms with E-state index in [2.05, 4.69) is 10.3 Å². The van der Waals surface area contributed by atoms with Crippen molar-refractivity contribution in [3.63, 3.8) is 0 Å². The van der Waals surface area contributed by atoms with E-state index < -0.39 is 0 Å². The van der Waals surface area contributed by atoms with Crippen molar-refractivity contribution in [1.29, 1.82) is 0 Å². The van der Waals surface area contributed by atoms with Gasteiger partial charge in [0.1, 0.15) is 28.3 Å². The maximum atomic E-state index is 13.0. The quantitative estimate of drug-likeness (QED) is 0.649. The molecule has 1 amide bonds. The Kier molecular flexibility index (Phi) is 5.99. The molecule has 1 aliphatic rings. The molecule has 0 bridgehead atoms. The number of hydrogen-bond donors (Lipinski definition) is 2. The molecule has 156 valence electrons. The van der Waals surface area contributed by atoms with Crippen molar-refractivity contribution in [2.45, 2.75) is 25.9 Å². The van der Waals surface area contributed by atoms with Gasteiger partial charge in [0.05, 0.1) is 12.7 Å². The minimum absolute atomic E-state index is 0.0300. The van der Waals surface area contributed by atoms with Gasteiger partial charge in [0, 0.05) is 24.6 Å². The minimum atomic E-state index is -0.295.